The van der Waals surface area contributed by atoms with Crippen molar-refractivity contribution >= 4 is 35.2 Å². The molecule has 0 saturated heterocycles. The van der Waals surface area contributed by atoms with Gasteiger partial charge in [-0.1, -0.05) is 54.2 Å². The molecule has 0 radical (unpaired) electrons. The Morgan fingerprint density at radius 1 is 0.875 bits per heavy atom. The van der Waals surface area contributed by atoms with Crippen LogP contribution >= 0.6 is 11.8 Å². The van der Waals surface area contributed by atoms with E-state index in [0.717, 1.165) is 9.79 Å². The number of carbonyl (C=O) groups excluding carboxylic acids is 3. The van der Waals surface area contributed by atoms with Crippen molar-refractivity contribution in [2.45, 2.75) is 9.79 Å². The van der Waals surface area contributed by atoms with Crippen LogP contribution in [0.2, 0.25) is 0 Å². The molecule has 8 heteroatoms. The summed E-state index contributed by atoms with van der Waals surface area (Å²) in [5.74, 6) is -1.29. The first-order valence-corrected chi connectivity index (χ1v) is 10.6. The maximum Gasteiger partial charge on any atom is 0.325 e. The fraction of sp³-hybridized carbons (Fsp3) is 0.125. The molecule has 3 aromatic carbocycles. The monoisotopic (exact) mass is 450 g/mol. The van der Waals surface area contributed by atoms with Crippen LogP contribution in [-0.4, -0.2) is 38.0 Å². The van der Waals surface area contributed by atoms with Crippen molar-refractivity contribution in [3.05, 3.63) is 84.4 Å². The van der Waals surface area contributed by atoms with Crippen LogP contribution in [0.3, 0.4) is 0 Å². The number of ether oxygens (including phenoxy) is 2. The van der Waals surface area contributed by atoms with E-state index in [4.69, 9.17) is 9.47 Å². The van der Waals surface area contributed by atoms with Gasteiger partial charge in [-0.25, -0.2) is 0 Å². The van der Waals surface area contributed by atoms with E-state index in [1.807, 2.05) is 48.5 Å². The zero-order chi connectivity index (χ0) is 22.8. The second kappa shape index (κ2) is 11.6. The highest BCUT2D eigenvalue weighted by atomic mass is 32.2. The third kappa shape index (κ3) is 6.61. The van der Waals surface area contributed by atoms with Crippen molar-refractivity contribution in [1.29, 1.82) is 0 Å². The van der Waals surface area contributed by atoms with E-state index in [-0.39, 0.29) is 6.54 Å². The number of carbonyl (C=O) groups is 3. The first kappa shape index (κ1) is 22.9. The zero-order valence-corrected chi connectivity index (χ0v) is 18.2. The van der Waals surface area contributed by atoms with Crippen LogP contribution < -0.4 is 15.4 Å². The van der Waals surface area contributed by atoms with Crippen LogP contribution in [0, 0.1) is 0 Å². The van der Waals surface area contributed by atoms with Crippen LogP contribution in [0.25, 0.3) is 0 Å². The third-order valence-electron chi connectivity index (χ3n) is 4.24. The lowest BCUT2D eigenvalue weighted by molar-refractivity contribution is -0.146. The van der Waals surface area contributed by atoms with E-state index in [9.17, 15) is 14.4 Å². The molecule has 7 nitrogen and oxygen atoms in total. The molecule has 0 aliphatic rings. The van der Waals surface area contributed by atoms with Gasteiger partial charge >= 0.3 is 5.97 Å². The Balaban J connectivity index is 1.48. The molecule has 0 aliphatic heterocycles. The molecule has 0 fully saturated rings. The molecule has 2 N–H and O–H groups in total. The molecule has 0 atom stereocenters. The predicted molar refractivity (Wildman–Crippen MR) is 122 cm³/mol. The molecular weight excluding hydrogens is 428 g/mol. The highest BCUT2D eigenvalue weighted by Gasteiger charge is 2.14. The molecule has 0 unspecified atom stereocenters. The average Bonchev–Trinajstić information content (AvgIpc) is 2.83. The standard InChI is InChI=1S/C24H22N2O5S/c1-30-20-13-7-5-11-18(20)24(29)25-15-23(28)31-16-22(27)26-19-12-6-8-14-21(19)32-17-9-3-2-4-10-17/h2-14H,15-16H2,1H3,(H,25,29)(H,26,27). The van der Waals surface area contributed by atoms with Crippen LogP contribution in [0.4, 0.5) is 5.69 Å². The summed E-state index contributed by atoms with van der Waals surface area (Å²) in [5, 5.41) is 5.21. The van der Waals surface area contributed by atoms with Gasteiger partial charge in [0.25, 0.3) is 11.8 Å². The maximum absolute atomic E-state index is 12.3. The Labute approximate surface area is 190 Å². The average molecular weight is 451 g/mol. The lowest BCUT2D eigenvalue weighted by Gasteiger charge is -2.11. The lowest BCUT2D eigenvalue weighted by atomic mass is 10.2. The Bertz CT molecular complexity index is 1090. The molecule has 0 saturated carbocycles. The Hall–Kier alpha value is -3.78. The molecule has 3 aromatic rings. The van der Waals surface area contributed by atoms with Gasteiger partial charge in [0.15, 0.2) is 6.61 Å². The summed E-state index contributed by atoms with van der Waals surface area (Å²) in [6, 6.07) is 23.8. The van der Waals surface area contributed by atoms with E-state index < -0.39 is 24.4 Å². The molecule has 0 aromatic heterocycles. The van der Waals surface area contributed by atoms with E-state index in [1.165, 1.54) is 18.9 Å². The number of amides is 2. The Morgan fingerprint density at radius 3 is 2.34 bits per heavy atom. The van der Waals surface area contributed by atoms with Crippen molar-refractivity contribution in [3.63, 3.8) is 0 Å². The summed E-state index contributed by atoms with van der Waals surface area (Å²) in [4.78, 5) is 38.3. The Morgan fingerprint density at radius 2 is 1.56 bits per heavy atom. The summed E-state index contributed by atoms with van der Waals surface area (Å²) in [5.41, 5.74) is 0.917. The molecule has 2 amide bonds. The van der Waals surface area contributed by atoms with Gasteiger partial charge < -0.3 is 20.1 Å². The van der Waals surface area contributed by atoms with Crippen LogP contribution in [0.5, 0.6) is 5.75 Å². The van der Waals surface area contributed by atoms with Crippen molar-refractivity contribution in [1.82, 2.24) is 5.32 Å². The van der Waals surface area contributed by atoms with E-state index >= 15 is 0 Å². The number of methoxy groups -OCH3 is 1. The summed E-state index contributed by atoms with van der Waals surface area (Å²) in [6.07, 6.45) is 0. The highest BCUT2D eigenvalue weighted by Crippen LogP contribution is 2.33. The molecule has 164 valence electrons. The maximum atomic E-state index is 12.3. The smallest absolute Gasteiger partial charge is 0.325 e. The van der Waals surface area contributed by atoms with Crippen molar-refractivity contribution < 1.29 is 23.9 Å². The van der Waals surface area contributed by atoms with Gasteiger partial charge in [0.2, 0.25) is 0 Å². The van der Waals surface area contributed by atoms with Gasteiger partial charge in [-0.15, -0.1) is 0 Å². The predicted octanol–water partition coefficient (Wildman–Crippen LogP) is 3.76. The zero-order valence-electron chi connectivity index (χ0n) is 17.4. The number of hydrogen-bond acceptors (Lipinski definition) is 6. The molecule has 3 rings (SSSR count). The van der Waals surface area contributed by atoms with E-state index in [1.54, 1.807) is 30.3 Å². The fourth-order valence-electron chi connectivity index (χ4n) is 2.74. The molecule has 32 heavy (non-hydrogen) atoms. The van der Waals surface area contributed by atoms with Gasteiger partial charge in [0.1, 0.15) is 12.3 Å². The van der Waals surface area contributed by atoms with Crippen LogP contribution in [-0.2, 0) is 14.3 Å². The third-order valence-corrected chi connectivity index (χ3v) is 5.33. The van der Waals surface area contributed by atoms with E-state index in [0.29, 0.717) is 17.0 Å². The number of nitrogens with one attached hydrogen (secondary N) is 2. The van der Waals surface area contributed by atoms with Gasteiger partial charge in [-0.3, -0.25) is 14.4 Å². The van der Waals surface area contributed by atoms with Gasteiger partial charge in [-0.05, 0) is 36.4 Å². The fourth-order valence-corrected chi connectivity index (χ4v) is 3.66. The number of rotatable bonds is 9. The Kier molecular flexibility index (Phi) is 8.28. The highest BCUT2D eigenvalue weighted by molar-refractivity contribution is 7.99. The quantitative estimate of drug-likeness (QED) is 0.482. The van der Waals surface area contributed by atoms with Gasteiger partial charge in [0.05, 0.1) is 18.4 Å². The minimum atomic E-state index is -0.727. The topological polar surface area (TPSA) is 93.7 Å². The molecule has 0 spiro atoms. The number of anilines is 1. The second-order valence-electron chi connectivity index (χ2n) is 6.50. The summed E-state index contributed by atoms with van der Waals surface area (Å²) in [7, 11) is 1.45. The normalized spacial score (nSPS) is 10.2. The lowest BCUT2D eigenvalue weighted by Crippen LogP contribution is -2.32. The minimum absolute atomic E-state index is 0.299. The van der Waals surface area contributed by atoms with Gasteiger partial charge in [0, 0.05) is 9.79 Å². The van der Waals surface area contributed by atoms with Crippen molar-refractivity contribution in [3.8, 4) is 5.75 Å². The van der Waals surface area contributed by atoms with Crippen molar-refractivity contribution in [2.75, 3.05) is 25.6 Å². The molecule has 0 aliphatic carbocycles. The van der Waals surface area contributed by atoms with Gasteiger partial charge in [-0.2, -0.15) is 0 Å². The number of benzene rings is 3. The number of para-hydroxylation sites is 2. The first-order chi connectivity index (χ1) is 15.6. The summed E-state index contributed by atoms with van der Waals surface area (Å²) in [6.45, 7) is -0.835. The second-order valence-corrected chi connectivity index (χ2v) is 7.62. The molecular formula is C24H22N2O5S. The summed E-state index contributed by atoms with van der Waals surface area (Å²) >= 11 is 1.51. The molecule has 0 bridgehead atoms. The van der Waals surface area contributed by atoms with Crippen LogP contribution in [0.15, 0.2) is 88.7 Å². The van der Waals surface area contributed by atoms with Crippen LogP contribution in [0.1, 0.15) is 10.4 Å². The van der Waals surface area contributed by atoms with E-state index in [2.05, 4.69) is 10.6 Å². The largest absolute Gasteiger partial charge is 0.496 e. The SMILES string of the molecule is COc1ccccc1C(=O)NCC(=O)OCC(=O)Nc1ccccc1Sc1ccccc1. The van der Waals surface area contributed by atoms with Crippen molar-refractivity contribution in [2.24, 2.45) is 0 Å². The summed E-state index contributed by atoms with van der Waals surface area (Å²) < 4.78 is 10.1. The number of hydrogen-bond donors (Lipinski definition) is 2. The first-order valence-electron chi connectivity index (χ1n) is 9.75. The number of esters is 1. The minimum Gasteiger partial charge on any atom is -0.496 e. The molecule has 0 heterocycles.